The third kappa shape index (κ3) is 6.82. The zero-order valence-electron chi connectivity index (χ0n) is 22.8. The minimum Gasteiger partial charge on any atom is -0.395 e. The van der Waals surface area contributed by atoms with Crippen LogP contribution in [0.2, 0.25) is 0 Å². The Kier molecular flexibility index (Phi) is 9.40. The number of rotatable bonds is 13. The van der Waals surface area contributed by atoms with Gasteiger partial charge in [0.25, 0.3) is 0 Å². The molecule has 0 aliphatic carbocycles. The molecule has 0 radical (unpaired) electrons. The third-order valence-corrected chi connectivity index (χ3v) is 9.20. The number of hydrogen-bond acceptors (Lipinski definition) is 7. The Morgan fingerprint density at radius 3 is 2.61 bits per heavy atom. The molecule has 0 amide bonds. The van der Waals surface area contributed by atoms with Gasteiger partial charge < -0.3 is 20.3 Å². The fraction of sp³-hybridized carbons (Fsp3) is 0.333. The van der Waals surface area contributed by atoms with Gasteiger partial charge in [0.1, 0.15) is 16.5 Å². The zero-order valence-corrected chi connectivity index (χ0v) is 23.6. The van der Waals surface area contributed by atoms with Crippen LogP contribution in [0.25, 0.3) is 11.3 Å². The average Bonchev–Trinajstić information content (AvgIpc) is 3.68. The first-order valence-corrected chi connectivity index (χ1v) is 15.3. The number of sulfonamides is 1. The van der Waals surface area contributed by atoms with E-state index in [4.69, 9.17) is 5.11 Å². The maximum Gasteiger partial charge on any atom is 0.245 e. The molecule has 3 heterocycles. The molecule has 2 aromatic heterocycles. The number of anilines is 1. The van der Waals surface area contributed by atoms with Gasteiger partial charge in [0.2, 0.25) is 10.0 Å². The number of hydrogen-bond donors (Lipinski definition) is 3. The molecule has 1 atom stereocenters. The van der Waals surface area contributed by atoms with Crippen molar-refractivity contribution in [2.45, 2.75) is 36.7 Å². The molecular weight excluding hydrogens is 543 g/mol. The average molecular weight is 579 g/mol. The van der Waals surface area contributed by atoms with Crippen molar-refractivity contribution in [3.8, 4) is 11.3 Å². The number of aliphatic hydroxyl groups is 1. The van der Waals surface area contributed by atoms with Gasteiger partial charge in [0.05, 0.1) is 30.9 Å². The lowest BCUT2D eigenvalue weighted by Gasteiger charge is -2.26. The third-order valence-electron chi connectivity index (χ3n) is 7.31. The minimum atomic E-state index is -3.78. The molecule has 9 nitrogen and oxygen atoms in total. The van der Waals surface area contributed by atoms with E-state index >= 15 is 0 Å². The van der Waals surface area contributed by atoms with Crippen molar-refractivity contribution in [1.29, 1.82) is 0 Å². The molecule has 0 bridgehead atoms. The van der Waals surface area contributed by atoms with Crippen molar-refractivity contribution in [3.63, 3.8) is 0 Å². The van der Waals surface area contributed by atoms with E-state index in [1.54, 1.807) is 34.9 Å². The van der Waals surface area contributed by atoms with Crippen LogP contribution in [-0.4, -0.2) is 65.2 Å². The highest BCUT2D eigenvalue weighted by Gasteiger charge is 2.37. The number of halogens is 1. The minimum absolute atomic E-state index is 0.0773. The summed E-state index contributed by atoms with van der Waals surface area (Å²) in [5, 5.41) is 15.1. The number of aliphatic hydroxyl groups excluding tert-OH is 1. The molecule has 216 valence electrons. The maximum absolute atomic E-state index is 13.8. The van der Waals surface area contributed by atoms with E-state index in [0.29, 0.717) is 51.4 Å². The molecule has 0 saturated carbocycles. The van der Waals surface area contributed by atoms with Gasteiger partial charge in [-0.15, -0.1) is 0 Å². The Morgan fingerprint density at radius 2 is 1.83 bits per heavy atom. The van der Waals surface area contributed by atoms with Crippen LogP contribution in [0.4, 0.5) is 10.2 Å². The van der Waals surface area contributed by atoms with Crippen LogP contribution in [0.5, 0.6) is 0 Å². The normalized spacial score (nSPS) is 15.8. The molecule has 1 aliphatic heterocycles. The second-order valence-corrected chi connectivity index (χ2v) is 11.9. The van der Waals surface area contributed by atoms with Crippen molar-refractivity contribution in [2.24, 2.45) is 0 Å². The summed E-state index contributed by atoms with van der Waals surface area (Å²) in [7, 11) is -3.78. The van der Waals surface area contributed by atoms with Gasteiger partial charge in [-0.2, -0.15) is 4.31 Å². The van der Waals surface area contributed by atoms with Crippen LogP contribution in [0.15, 0.2) is 84.3 Å². The summed E-state index contributed by atoms with van der Waals surface area (Å²) in [6.45, 7) is 2.94. The van der Waals surface area contributed by atoms with E-state index in [-0.39, 0.29) is 23.4 Å². The van der Waals surface area contributed by atoms with Gasteiger partial charge >= 0.3 is 0 Å². The summed E-state index contributed by atoms with van der Waals surface area (Å²) >= 11 is 0. The second kappa shape index (κ2) is 13.3. The monoisotopic (exact) mass is 578 g/mol. The van der Waals surface area contributed by atoms with Crippen LogP contribution in [0.1, 0.15) is 30.0 Å². The summed E-state index contributed by atoms with van der Waals surface area (Å²) < 4.78 is 44.6. The van der Waals surface area contributed by atoms with Gasteiger partial charge in [-0.05, 0) is 54.7 Å². The largest absolute Gasteiger partial charge is 0.395 e. The quantitative estimate of drug-likeness (QED) is 0.207. The number of aryl methyl sites for hydroxylation is 2. The smallest absolute Gasteiger partial charge is 0.245 e. The lowest BCUT2D eigenvalue weighted by Crippen LogP contribution is -2.31. The van der Waals surface area contributed by atoms with Crippen LogP contribution in [0.3, 0.4) is 0 Å². The van der Waals surface area contributed by atoms with Gasteiger partial charge in [-0.25, -0.2) is 22.8 Å². The molecule has 41 heavy (non-hydrogen) atoms. The van der Waals surface area contributed by atoms with Gasteiger partial charge in [0, 0.05) is 44.5 Å². The molecule has 1 fully saturated rings. The first-order valence-electron chi connectivity index (χ1n) is 13.8. The molecule has 1 aliphatic rings. The second-order valence-electron chi connectivity index (χ2n) is 9.99. The SMILES string of the molecule is O=S(=O)(c1ccc(NCCNCCO)nc1)N1CCCC1c1ccccc1-c1cncn1CCc1ccc(F)cc1. The maximum atomic E-state index is 13.8. The number of pyridine rings is 1. The number of imidazole rings is 1. The van der Waals surface area contributed by atoms with E-state index in [9.17, 15) is 12.8 Å². The molecule has 1 saturated heterocycles. The summed E-state index contributed by atoms with van der Waals surface area (Å²) in [4.78, 5) is 8.88. The fourth-order valence-corrected chi connectivity index (χ4v) is 6.86. The Hall–Kier alpha value is -3.64. The van der Waals surface area contributed by atoms with Crippen molar-refractivity contribution in [2.75, 3.05) is 38.1 Å². The van der Waals surface area contributed by atoms with Crippen molar-refractivity contribution < 1.29 is 17.9 Å². The van der Waals surface area contributed by atoms with Crippen LogP contribution in [-0.2, 0) is 23.0 Å². The highest BCUT2D eigenvalue weighted by Crippen LogP contribution is 2.40. The summed E-state index contributed by atoms with van der Waals surface area (Å²) in [6, 6.07) is 17.4. The molecular formula is C30H35FN6O3S. The highest BCUT2D eigenvalue weighted by molar-refractivity contribution is 7.89. The molecule has 2 aromatic carbocycles. The van der Waals surface area contributed by atoms with Gasteiger partial charge in [-0.1, -0.05) is 36.4 Å². The van der Waals surface area contributed by atoms with E-state index in [2.05, 4.69) is 25.2 Å². The molecule has 11 heteroatoms. The Bertz CT molecular complexity index is 1530. The zero-order chi connectivity index (χ0) is 28.7. The number of nitrogens with zero attached hydrogens (tertiary/aromatic N) is 4. The Balaban J connectivity index is 1.34. The lowest BCUT2D eigenvalue weighted by molar-refractivity contribution is 0.293. The van der Waals surface area contributed by atoms with Crippen LogP contribution >= 0.6 is 0 Å². The number of benzene rings is 2. The van der Waals surface area contributed by atoms with E-state index < -0.39 is 10.0 Å². The summed E-state index contributed by atoms with van der Waals surface area (Å²) in [5.74, 6) is 0.334. The standard InChI is InChI=1S/C30H35FN6O3S/c31-24-9-7-23(8-10-24)13-18-36-22-33-21-29(36)27-5-2-1-4-26(27)28-6-3-17-37(28)41(39,40)25-11-12-30(35-20-25)34-15-14-32-16-19-38/h1-2,4-5,7-12,20-22,28,32,38H,3,6,13-19H2,(H,34,35). The summed E-state index contributed by atoms with van der Waals surface area (Å²) in [6.07, 6.45) is 7.19. The highest BCUT2D eigenvalue weighted by atomic mass is 32.2. The van der Waals surface area contributed by atoms with Crippen LogP contribution < -0.4 is 10.6 Å². The first kappa shape index (κ1) is 28.9. The van der Waals surface area contributed by atoms with Crippen LogP contribution in [0, 0.1) is 5.82 Å². The first-order chi connectivity index (χ1) is 20.0. The Labute approximate surface area is 240 Å². The van der Waals surface area contributed by atoms with Crippen molar-refractivity contribution in [1.82, 2.24) is 24.2 Å². The van der Waals surface area contributed by atoms with Gasteiger partial charge in [0.15, 0.2) is 0 Å². The predicted octanol–water partition coefficient (Wildman–Crippen LogP) is 3.85. The lowest BCUT2D eigenvalue weighted by atomic mass is 9.97. The summed E-state index contributed by atoms with van der Waals surface area (Å²) in [5.41, 5.74) is 3.83. The molecule has 0 spiro atoms. The van der Waals surface area contributed by atoms with E-state index in [0.717, 1.165) is 28.8 Å². The fourth-order valence-electron chi connectivity index (χ4n) is 5.24. The number of nitrogens with one attached hydrogen (secondary N) is 2. The van der Waals surface area contributed by atoms with Crippen molar-refractivity contribution in [3.05, 3.63) is 96.3 Å². The molecule has 5 rings (SSSR count). The topological polar surface area (TPSA) is 112 Å². The molecule has 1 unspecified atom stereocenters. The van der Waals surface area contributed by atoms with Crippen molar-refractivity contribution >= 4 is 15.8 Å². The van der Waals surface area contributed by atoms with E-state index in [1.807, 2.05) is 30.5 Å². The molecule has 4 aromatic rings. The number of aromatic nitrogens is 3. The van der Waals surface area contributed by atoms with E-state index in [1.165, 1.54) is 18.3 Å². The predicted molar refractivity (Wildman–Crippen MR) is 156 cm³/mol. The Morgan fingerprint density at radius 1 is 1.00 bits per heavy atom. The van der Waals surface area contributed by atoms with Gasteiger partial charge in [-0.3, -0.25) is 0 Å². The molecule has 3 N–H and O–H groups in total.